The summed E-state index contributed by atoms with van der Waals surface area (Å²) in [5, 5.41) is 33.1. The van der Waals surface area contributed by atoms with Crippen molar-refractivity contribution in [3.05, 3.63) is 76.1 Å². The van der Waals surface area contributed by atoms with Crippen molar-refractivity contribution in [2.75, 3.05) is 33.3 Å². The molecule has 0 unspecified atom stereocenters. The van der Waals surface area contributed by atoms with E-state index in [-0.39, 0.29) is 41.4 Å². The third-order valence-corrected chi connectivity index (χ3v) is 7.42. The molecular formula is C32H33NO11. The molecule has 1 aromatic heterocycles. The lowest BCUT2D eigenvalue weighted by Gasteiger charge is -2.36. The lowest BCUT2D eigenvalue weighted by atomic mass is 10.0. The number of nitrogens with one attached hydrogen (secondary N) is 1. The van der Waals surface area contributed by atoms with Crippen molar-refractivity contribution in [2.45, 2.75) is 37.9 Å². The first-order valence-electron chi connectivity index (χ1n) is 13.8. The number of aliphatic hydroxyl groups is 3. The molecule has 0 bridgehead atoms. The van der Waals surface area contributed by atoms with Crippen LogP contribution in [0.1, 0.15) is 22.3 Å². The number of aliphatic hydroxyl groups excluding tert-OH is 3. The van der Waals surface area contributed by atoms with E-state index in [2.05, 4.69) is 5.32 Å². The van der Waals surface area contributed by atoms with Gasteiger partial charge in [0.05, 0.1) is 40.1 Å². The second kappa shape index (κ2) is 12.9. The van der Waals surface area contributed by atoms with Crippen LogP contribution in [-0.4, -0.2) is 73.8 Å². The zero-order valence-electron chi connectivity index (χ0n) is 24.5. The standard InChI is InChI=1S/C32H33NO11/c1-16-28-19(13-26(41-4)29(16)44-32-27(36)24(35)14-21(15-34)42-32)12-23(31(38)43-28)33-30(37)18-8-9-25(40-3)22(11-18)17-6-5-7-20(10-17)39-2/h5-13,21,24,27,32,34-36H,14-15H2,1-4H3,(H,33,37)/t21-,24+,27+,32+/m0/s1. The number of hydrogen-bond donors (Lipinski definition) is 4. The van der Waals surface area contributed by atoms with Crippen molar-refractivity contribution < 1.29 is 48.2 Å². The molecule has 12 heteroatoms. The van der Waals surface area contributed by atoms with Gasteiger partial charge in [-0.15, -0.1) is 0 Å². The SMILES string of the molecule is COc1cccc(-c2cc(C(=O)Nc3cc4cc(OC)c(O[C@H]5O[C@H](CO)C[C@@H](O)[C@H]5O)c(C)c4oc3=O)ccc2OC)c1. The van der Waals surface area contributed by atoms with Crippen LogP contribution in [0, 0.1) is 6.92 Å². The number of hydrogen-bond acceptors (Lipinski definition) is 11. The van der Waals surface area contributed by atoms with E-state index >= 15 is 0 Å². The highest BCUT2D eigenvalue weighted by Gasteiger charge is 2.39. The van der Waals surface area contributed by atoms with Crippen LogP contribution in [0.2, 0.25) is 0 Å². The maximum Gasteiger partial charge on any atom is 0.360 e. The van der Waals surface area contributed by atoms with Gasteiger partial charge in [-0.05, 0) is 55.0 Å². The van der Waals surface area contributed by atoms with Crippen LogP contribution < -0.4 is 29.9 Å². The zero-order valence-corrected chi connectivity index (χ0v) is 24.5. The van der Waals surface area contributed by atoms with E-state index in [0.717, 1.165) is 5.56 Å². The summed E-state index contributed by atoms with van der Waals surface area (Å²) in [4.78, 5) is 26.3. The third-order valence-electron chi connectivity index (χ3n) is 7.42. The molecule has 1 aliphatic rings. The average molecular weight is 608 g/mol. The first-order valence-corrected chi connectivity index (χ1v) is 13.8. The summed E-state index contributed by atoms with van der Waals surface area (Å²) in [5.41, 5.74) is 1.29. The molecule has 1 aliphatic heterocycles. The lowest BCUT2D eigenvalue weighted by Crippen LogP contribution is -2.51. The predicted molar refractivity (Wildman–Crippen MR) is 160 cm³/mol. The molecule has 1 amide bonds. The van der Waals surface area contributed by atoms with Gasteiger partial charge in [0, 0.05) is 28.5 Å². The fourth-order valence-corrected chi connectivity index (χ4v) is 5.07. The molecule has 0 aliphatic carbocycles. The minimum Gasteiger partial charge on any atom is -0.497 e. The van der Waals surface area contributed by atoms with E-state index in [1.54, 1.807) is 44.4 Å². The van der Waals surface area contributed by atoms with Crippen molar-refractivity contribution in [1.82, 2.24) is 0 Å². The lowest BCUT2D eigenvalue weighted by molar-refractivity contribution is -0.241. The zero-order chi connectivity index (χ0) is 31.5. The van der Waals surface area contributed by atoms with Gasteiger partial charge in [-0.1, -0.05) is 12.1 Å². The molecule has 0 saturated carbocycles. The molecule has 2 heterocycles. The Morgan fingerprint density at radius 3 is 2.48 bits per heavy atom. The van der Waals surface area contributed by atoms with E-state index in [1.165, 1.54) is 20.3 Å². The quantitative estimate of drug-likeness (QED) is 0.206. The normalized spacial score (nSPS) is 19.8. The number of fused-ring (bicyclic) bond motifs is 1. The Morgan fingerprint density at radius 2 is 1.77 bits per heavy atom. The fraction of sp³-hybridized carbons (Fsp3) is 0.312. The smallest absolute Gasteiger partial charge is 0.360 e. The highest BCUT2D eigenvalue weighted by atomic mass is 16.7. The van der Waals surface area contributed by atoms with E-state index in [1.807, 2.05) is 18.2 Å². The van der Waals surface area contributed by atoms with Crippen LogP contribution >= 0.6 is 0 Å². The largest absolute Gasteiger partial charge is 0.497 e. The number of anilines is 1. The number of benzene rings is 3. The molecule has 232 valence electrons. The van der Waals surface area contributed by atoms with E-state index < -0.39 is 36.1 Å². The number of carbonyl (C=O) groups excluding carboxylic acids is 1. The van der Waals surface area contributed by atoms with Gasteiger partial charge in [0.25, 0.3) is 5.91 Å². The van der Waals surface area contributed by atoms with Crippen LogP contribution in [0.25, 0.3) is 22.1 Å². The summed E-state index contributed by atoms with van der Waals surface area (Å²) in [6.07, 6.45) is -4.61. The Labute approximate surface area is 252 Å². The van der Waals surface area contributed by atoms with Crippen LogP contribution in [-0.2, 0) is 4.74 Å². The summed E-state index contributed by atoms with van der Waals surface area (Å²) in [7, 11) is 4.50. The summed E-state index contributed by atoms with van der Waals surface area (Å²) in [6, 6.07) is 15.2. The number of aryl methyl sites for hydroxylation is 1. The van der Waals surface area contributed by atoms with E-state index in [0.29, 0.717) is 28.0 Å². The molecule has 1 fully saturated rings. The van der Waals surface area contributed by atoms with Crippen LogP contribution in [0.15, 0.2) is 63.8 Å². The summed E-state index contributed by atoms with van der Waals surface area (Å²) in [5.74, 6) is 0.969. The van der Waals surface area contributed by atoms with Gasteiger partial charge >= 0.3 is 5.63 Å². The summed E-state index contributed by atoms with van der Waals surface area (Å²) in [6.45, 7) is 1.24. The van der Waals surface area contributed by atoms with Crippen molar-refractivity contribution in [3.8, 4) is 34.1 Å². The fourth-order valence-electron chi connectivity index (χ4n) is 5.07. The number of ether oxygens (including phenoxy) is 5. The Kier molecular flexibility index (Phi) is 9.06. The van der Waals surface area contributed by atoms with Gasteiger partial charge < -0.3 is 48.7 Å². The van der Waals surface area contributed by atoms with Crippen molar-refractivity contribution in [3.63, 3.8) is 0 Å². The molecule has 0 radical (unpaired) electrons. The Bertz CT molecular complexity index is 1730. The molecule has 4 atom stereocenters. The van der Waals surface area contributed by atoms with Gasteiger partial charge in [0.1, 0.15) is 28.9 Å². The van der Waals surface area contributed by atoms with Gasteiger partial charge in [0.2, 0.25) is 6.29 Å². The molecule has 0 spiro atoms. The topological polar surface area (TPSA) is 166 Å². The second-order valence-corrected chi connectivity index (χ2v) is 10.2. The first-order chi connectivity index (χ1) is 21.2. The first kappa shape index (κ1) is 30.8. The van der Waals surface area contributed by atoms with Crippen LogP contribution in [0.3, 0.4) is 0 Å². The van der Waals surface area contributed by atoms with E-state index in [4.69, 9.17) is 28.1 Å². The number of amides is 1. The van der Waals surface area contributed by atoms with Crippen molar-refractivity contribution >= 4 is 22.6 Å². The number of rotatable bonds is 9. The number of methoxy groups -OCH3 is 3. The molecule has 3 aromatic carbocycles. The molecule has 4 aromatic rings. The van der Waals surface area contributed by atoms with Gasteiger partial charge in [-0.3, -0.25) is 4.79 Å². The van der Waals surface area contributed by atoms with Crippen LogP contribution in [0.4, 0.5) is 5.69 Å². The van der Waals surface area contributed by atoms with Gasteiger partial charge in [-0.25, -0.2) is 4.79 Å². The molecule has 4 N–H and O–H groups in total. The molecule has 5 rings (SSSR count). The average Bonchev–Trinajstić information content (AvgIpc) is 3.04. The maximum atomic E-state index is 13.3. The predicted octanol–water partition coefficient (Wildman–Crippen LogP) is 3.25. The minimum absolute atomic E-state index is 0.0353. The maximum absolute atomic E-state index is 13.3. The van der Waals surface area contributed by atoms with Crippen molar-refractivity contribution in [2.24, 2.45) is 0 Å². The Balaban J connectivity index is 1.45. The monoisotopic (exact) mass is 607 g/mol. The highest BCUT2D eigenvalue weighted by Crippen LogP contribution is 2.39. The minimum atomic E-state index is -1.40. The molecule has 12 nitrogen and oxygen atoms in total. The Morgan fingerprint density at radius 1 is 1.00 bits per heavy atom. The third kappa shape index (κ3) is 6.06. The molecular weight excluding hydrogens is 574 g/mol. The van der Waals surface area contributed by atoms with Gasteiger partial charge in [0.15, 0.2) is 11.5 Å². The van der Waals surface area contributed by atoms with E-state index in [9.17, 15) is 24.9 Å². The van der Waals surface area contributed by atoms with Gasteiger partial charge in [-0.2, -0.15) is 0 Å². The molecule has 44 heavy (non-hydrogen) atoms. The van der Waals surface area contributed by atoms with Crippen molar-refractivity contribution in [1.29, 1.82) is 0 Å². The highest BCUT2D eigenvalue weighted by molar-refractivity contribution is 6.06. The second-order valence-electron chi connectivity index (χ2n) is 10.2. The molecule has 1 saturated heterocycles. The summed E-state index contributed by atoms with van der Waals surface area (Å²) >= 11 is 0. The van der Waals surface area contributed by atoms with Crippen LogP contribution in [0.5, 0.6) is 23.0 Å². The summed E-state index contributed by atoms with van der Waals surface area (Å²) < 4.78 is 33.4. The Hall–Kier alpha value is -4.62. The number of carbonyl (C=O) groups is 1.